The van der Waals surface area contributed by atoms with E-state index in [4.69, 9.17) is 4.42 Å². The van der Waals surface area contributed by atoms with Crippen molar-refractivity contribution >= 4 is 0 Å². The van der Waals surface area contributed by atoms with Gasteiger partial charge in [-0.25, -0.2) is 0 Å². The summed E-state index contributed by atoms with van der Waals surface area (Å²) < 4.78 is 43.4. The van der Waals surface area contributed by atoms with E-state index in [-0.39, 0.29) is 6.04 Å². The zero-order valence-corrected chi connectivity index (χ0v) is 11.1. The van der Waals surface area contributed by atoms with E-state index >= 15 is 0 Å². The highest BCUT2D eigenvalue weighted by Crippen LogP contribution is 2.31. The molecule has 0 aliphatic heterocycles. The first-order chi connectivity index (χ1) is 9.50. The second kappa shape index (κ2) is 6.13. The van der Waals surface area contributed by atoms with Gasteiger partial charge in [0.25, 0.3) is 0 Å². The highest BCUT2D eigenvalue weighted by molar-refractivity contribution is 5.28. The van der Waals surface area contributed by atoms with Crippen LogP contribution in [0.15, 0.2) is 47.1 Å². The van der Waals surface area contributed by atoms with E-state index in [1.54, 1.807) is 25.4 Å². The summed E-state index contributed by atoms with van der Waals surface area (Å²) in [6, 6.07) is 8.95. The van der Waals surface area contributed by atoms with Crippen LogP contribution in [0.4, 0.5) is 13.2 Å². The lowest BCUT2D eigenvalue weighted by Crippen LogP contribution is -2.18. The first-order valence-electron chi connectivity index (χ1n) is 6.37. The topological polar surface area (TPSA) is 25.2 Å². The summed E-state index contributed by atoms with van der Waals surface area (Å²) >= 11 is 0. The lowest BCUT2D eigenvalue weighted by atomic mass is 9.99. The van der Waals surface area contributed by atoms with Crippen LogP contribution in [0.2, 0.25) is 0 Å². The van der Waals surface area contributed by atoms with Crippen LogP contribution >= 0.6 is 0 Å². The number of alkyl halides is 3. The van der Waals surface area contributed by atoms with Gasteiger partial charge in [-0.2, -0.15) is 13.2 Å². The van der Waals surface area contributed by atoms with Crippen LogP contribution in [0.3, 0.4) is 0 Å². The third-order valence-electron chi connectivity index (χ3n) is 3.22. The third kappa shape index (κ3) is 3.63. The maximum absolute atomic E-state index is 12.7. The normalized spacial score (nSPS) is 13.4. The average molecular weight is 283 g/mol. The molecule has 0 bridgehead atoms. The minimum Gasteiger partial charge on any atom is -0.469 e. The smallest absolute Gasteiger partial charge is 0.416 e. The van der Waals surface area contributed by atoms with Crippen molar-refractivity contribution in [3.63, 3.8) is 0 Å². The SMILES string of the molecule is CNC(CCc1ccco1)c1cccc(C(F)(F)F)c1. The third-order valence-corrected chi connectivity index (χ3v) is 3.22. The fourth-order valence-electron chi connectivity index (χ4n) is 2.15. The highest BCUT2D eigenvalue weighted by Gasteiger charge is 2.30. The first-order valence-corrected chi connectivity index (χ1v) is 6.37. The first kappa shape index (κ1) is 14.7. The fraction of sp³-hybridized carbons (Fsp3) is 0.333. The molecule has 0 spiro atoms. The molecule has 0 radical (unpaired) electrons. The molecule has 2 nitrogen and oxygen atoms in total. The number of hydrogen-bond acceptors (Lipinski definition) is 2. The zero-order valence-electron chi connectivity index (χ0n) is 11.1. The zero-order chi connectivity index (χ0) is 14.6. The monoisotopic (exact) mass is 283 g/mol. The predicted octanol–water partition coefficient (Wildman–Crippen LogP) is 4.19. The Bertz CT molecular complexity index is 534. The standard InChI is InChI=1S/C15H16F3NO/c1-19-14(8-7-13-6-3-9-20-13)11-4-2-5-12(10-11)15(16,17)18/h2-6,9-10,14,19H,7-8H2,1H3. The predicted molar refractivity (Wildman–Crippen MR) is 70.3 cm³/mol. The number of aryl methyl sites for hydroxylation is 1. The Morgan fingerprint density at radius 2 is 2.00 bits per heavy atom. The van der Waals surface area contributed by atoms with Crippen LogP contribution < -0.4 is 5.32 Å². The molecular weight excluding hydrogens is 267 g/mol. The molecule has 1 N–H and O–H groups in total. The molecule has 0 aliphatic rings. The Morgan fingerprint density at radius 1 is 1.20 bits per heavy atom. The second-order valence-electron chi connectivity index (χ2n) is 4.58. The Hall–Kier alpha value is -1.75. The molecule has 1 aromatic heterocycles. The van der Waals surface area contributed by atoms with E-state index < -0.39 is 11.7 Å². The molecule has 5 heteroatoms. The molecule has 2 rings (SSSR count). The van der Waals surface area contributed by atoms with Crippen LogP contribution in [-0.4, -0.2) is 7.05 Å². The van der Waals surface area contributed by atoms with Gasteiger partial charge >= 0.3 is 6.18 Å². The molecule has 0 aliphatic carbocycles. The summed E-state index contributed by atoms with van der Waals surface area (Å²) in [5.41, 5.74) is 0.0159. The van der Waals surface area contributed by atoms with Crippen molar-refractivity contribution in [3.8, 4) is 0 Å². The van der Waals surface area contributed by atoms with Crippen LogP contribution in [0, 0.1) is 0 Å². The van der Waals surface area contributed by atoms with Crippen LogP contribution in [0.25, 0.3) is 0 Å². The number of furan rings is 1. The van der Waals surface area contributed by atoms with Crippen molar-refractivity contribution < 1.29 is 17.6 Å². The van der Waals surface area contributed by atoms with Crippen molar-refractivity contribution in [3.05, 3.63) is 59.5 Å². The van der Waals surface area contributed by atoms with Crippen molar-refractivity contribution in [2.24, 2.45) is 0 Å². The van der Waals surface area contributed by atoms with E-state index in [9.17, 15) is 13.2 Å². The summed E-state index contributed by atoms with van der Waals surface area (Å²) in [7, 11) is 1.74. The number of nitrogens with one attached hydrogen (secondary N) is 1. The Balaban J connectivity index is 2.11. The van der Waals surface area contributed by atoms with Crippen molar-refractivity contribution in [2.45, 2.75) is 25.1 Å². The second-order valence-corrected chi connectivity index (χ2v) is 4.58. The van der Waals surface area contributed by atoms with Gasteiger partial charge in [-0.05, 0) is 43.3 Å². The van der Waals surface area contributed by atoms with Gasteiger partial charge in [0.05, 0.1) is 11.8 Å². The van der Waals surface area contributed by atoms with Gasteiger partial charge in [-0.1, -0.05) is 12.1 Å². The van der Waals surface area contributed by atoms with Crippen molar-refractivity contribution in [1.29, 1.82) is 0 Å². The molecular formula is C15H16F3NO. The van der Waals surface area contributed by atoms with Gasteiger partial charge in [-0.3, -0.25) is 0 Å². The van der Waals surface area contributed by atoms with E-state index in [0.717, 1.165) is 11.8 Å². The molecule has 0 saturated heterocycles. The molecule has 1 aromatic carbocycles. The van der Waals surface area contributed by atoms with Gasteiger partial charge in [0.1, 0.15) is 5.76 Å². The Kier molecular flexibility index (Phi) is 4.49. The minimum absolute atomic E-state index is 0.137. The van der Waals surface area contributed by atoms with Crippen LogP contribution in [0.5, 0.6) is 0 Å². The van der Waals surface area contributed by atoms with Crippen molar-refractivity contribution in [1.82, 2.24) is 5.32 Å². The van der Waals surface area contributed by atoms with Crippen molar-refractivity contribution in [2.75, 3.05) is 7.05 Å². The lowest BCUT2D eigenvalue weighted by Gasteiger charge is -2.17. The molecule has 1 atom stereocenters. The van der Waals surface area contributed by atoms with Gasteiger partial charge in [0.15, 0.2) is 0 Å². The van der Waals surface area contributed by atoms with E-state index in [1.807, 2.05) is 6.07 Å². The van der Waals surface area contributed by atoms with Crippen LogP contribution in [-0.2, 0) is 12.6 Å². The van der Waals surface area contributed by atoms with Gasteiger partial charge in [0, 0.05) is 12.5 Å². The molecule has 1 unspecified atom stereocenters. The number of rotatable bonds is 5. The summed E-state index contributed by atoms with van der Waals surface area (Å²) in [6.45, 7) is 0. The summed E-state index contributed by atoms with van der Waals surface area (Å²) in [4.78, 5) is 0. The van der Waals surface area contributed by atoms with E-state index in [0.29, 0.717) is 18.4 Å². The van der Waals surface area contributed by atoms with Gasteiger partial charge in [0.2, 0.25) is 0 Å². The molecule has 108 valence electrons. The summed E-state index contributed by atoms with van der Waals surface area (Å²) in [5.74, 6) is 0.831. The number of benzene rings is 1. The van der Waals surface area contributed by atoms with E-state index in [1.165, 1.54) is 12.1 Å². The van der Waals surface area contributed by atoms with Gasteiger partial charge < -0.3 is 9.73 Å². The summed E-state index contributed by atoms with van der Waals surface area (Å²) in [5, 5.41) is 3.05. The molecule has 0 saturated carbocycles. The molecule has 0 amide bonds. The fourth-order valence-corrected chi connectivity index (χ4v) is 2.15. The Morgan fingerprint density at radius 3 is 2.60 bits per heavy atom. The molecule has 2 aromatic rings. The van der Waals surface area contributed by atoms with Gasteiger partial charge in [-0.15, -0.1) is 0 Å². The maximum Gasteiger partial charge on any atom is 0.416 e. The Labute approximate surface area is 115 Å². The largest absolute Gasteiger partial charge is 0.469 e. The molecule has 0 fully saturated rings. The summed E-state index contributed by atoms with van der Waals surface area (Å²) in [6.07, 6.45) is -1.37. The number of hydrogen-bond donors (Lipinski definition) is 1. The minimum atomic E-state index is -4.31. The average Bonchev–Trinajstić information content (AvgIpc) is 2.92. The molecule has 1 heterocycles. The van der Waals surface area contributed by atoms with Crippen LogP contribution in [0.1, 0.15) is 29.3 Å². The lowest BCUT2D eigenvalue weighted by molar-refractivity contribution is -0.137. The number of halogens is 3. The highest BCUT2D eigenvalue weighted by atomic mass is 19.4. The van der Waals surface area contributed by atoms with E-state index in [2.05, 4.69) is 5.32 Å². The quantitative estimate of drug-likeness (QED) is 0.890. The maximum atomic E-state index is 12.7. The molecule has 20 heavy (non-hydrogen) atoms.